The van der Waals surface area contributed by atoms with E-state index >= 15 is 0 Å². The third-order valence-corrected chi connectivity index (χ3v) is 3.12. The monoisotopic (exact) mass is 182 g/mol. The predicted octanol–water partition coefficient (Wildman–Crippen LogP) is 2.58. The van der Waals surface area contributed by atoms with E-state index in [1.54, 1.807) is 0 Å². The molecule has 1 atom stereocenters. The fourth-order valence-corrected chi connectivity index (χ4v) is 1.50. The summed E-state index contributed by atoms with van der Waals surface area (Å²) >= 11 is 0. The van der Waals surface area contributed by atoms with E-state index in [4.69, 9.17) is 9.31 Å². The second-order valence-electron chi connectivity index (χ2n) is 4.51. The van der Waals surface area contributed by atoms with Crippen LogP contribution in [0.2, 0.25) is 0 Å². The molecule has 0 aromatic heterocycles. The molecule has 0 N–H and O–H groups in total. The summed E-state index contributed by atoms with van der Waals surface area (Å²) in [4.78, 5) is 0. The first-order valence-corrected chi connectivity index (χ1v) is 4.83. The van der Waals surface area contributed by atoms with Gasteiger partial charge in [-0.05, 0) is 34.1 Å². The van der Waals surface area contributed by atoms with Crippen molar-refractivity contribution in [3.63, 3.8) is 0 Å². The lowest BCUT2D eigenvalue weighted by molar-refractivity contribution is -0.0118. The normalized spacial score (nSPS) is 32.2. The van der Waals surface area contributed by atoms with Crippen molar-refractivity contribution in [2.45, 2.75) is 52.2 Å². The van der Waals surface area contributed by atoms with Crippen LogP contribution in [0.5, 0.6) is 0 Å². The van der Waals surface area contributed by atoms with Gasteiger partial charge in [-0.15, -0.1) is 6.58 Å². The average Bonchev–Trinajstić information content (AvgIpc) is 2.24. The summed E-state index contributed by atoms with van der Waals surface area (Å²) in [6, 6.07) is 0. The standard InChI is InChI=1S/C10H19BO2/c1-7-10(6)9(4,5)12-11(13-10)8(2)3/h2,7H2,1,3-6H3. The Kier molecular flexibility index (Phi) is 2.61. The Morgan fingerprint density at radius 2 is 1.85 bits per heavy atom. The Bertz CT molecular complexity index is 225. The molecular weight excluding hydrogens is 163 g/mol. The van der Waals surface area contributed by atoms with E-state index in [1.807, 2.05) is 6.92 Å². The maximum atomic E-state index is 5.85. The Hall–Kier alpha value is -0.275. The van der Waals surface area contributed by atoms with Crippen molar-refractivity contribution >= 4 is 7.12 Å². The minimum absolute atomic E-state index is 0.198. The van der Waals surface area contributed by atoms with E-state index in [9.17, 15) is 0 Å². The Morgan fingerprint density at radius 3 is 2.08 bits per heavy atom. The largest absolute Gasteiger partial charge is 0.489 e. The fraction of sp³-hybridized carbons (Fsp3) is 0.800. The summed E-state index contributed by atoms with van der Waals surface area (Å²) in [5, 5.41) is 0. The van der Waals surface area contributed by atoms with Crippen LogP contribution in [0.3, 0.4) is 0 Å². The molecular formula is C10H19BO2. The SMILES string of the molecule is C=C(C)B1OC(C)(C)C(C)(CC)O1. The molecule has 0 bridgehead atoms. The van der Waals surface area contributed by atoms with Crippen molar-refractivity contribution in [2.24, 2.45) is 0 Å². The number of hydrogen-bond acceptors (Lipinski definition) is 2. The van der Waals surface area contributed by atoms with Crippen LogP contribution >= 0.6 is 0 Å². The second kappa shape index (κ2) is 3.14. The third kappa shape index (κ3) is 1.68. The van der Waals surface area contributed by atoms with Gasteiger partial charge in [-0.3, -0.25) is 0 Å². The second-order valence-corrected chi connectivity index (χ2v) is 4.51. The van der Waals surface area contributed by atoms with Crippen molar-refractivity contribution in [2.75, 3.05) is 0 Å². The molecule has 1 heterocycles. The highest BCUT2D eigenvalue weighted by Crippen LogP contribution is 2.40. The molecule has 1 rings (SSSR count). The van der Waals surface area contributed by atoms with Gasteiger partial charge in [-0.1, -0.05) is 12.4 Å². The van der Waals surface area contributed by atoms with Crippen molar-refractivity contribution < 1.29 is 9.31 Å². The fourth-order valence-electron chi connectivity index (χ4n) is 1.50. The highest BCUT2D eigenvalue weighted by atomic mass is 16.7. The van der Waals surface area contributed by atoms with Gasteiger partial charge in [0.15, 0.2) is 0 Å². The Morgan fingerprint density at radius 1 is 1.31 bits per heavy atom. The summed E-state index contributed by atoms with van der Waals surface area (Å²) in [7, 11) is -0.236. The van der Waals surface area contributed by atoms with Crippen LogP contribution in [0, 0.1) is 0 Å². The molecule has 0 amide bonds. The van der Waals surface area contributed by atoms with E-state index < -0.39 is 0 Å². The van der Waals surface area contributed by atoms with Crippen LogP contribution in [-0.2, 0) is 9.31 Å². The molecule has 1 fully saturated rings. The zero-order chi connectivity index (χ0) is 10.3. The van der Waals surface area contributed by atoms with Gasteiger partial charge in [0.2, 0.25) is 0 Å². The Balaban J connectivity index is 2.85. The summed E-state index contributed by atoms with van der Waals surface area (Å²) in [5.41, 5.74) is 0.507. The lowest BCUT2D eigenvalue weighted by Gasteiger charge is -2.35. The molecule has 3 heteroatoms. The molecule has 0 aliphatic carbocycles. The van der Waals surface area contributed by atoms with Crippen molar-refractivity contribution in [1.82, 2.24) is 0 Å². The van der Waals surface area contributed by atoms with Crippen molar-refractivity contribution in [1.29, 1.82) is 0 Å². The van der Waals surface area contributed by atoms with E-state index in [0.717, 1.165) is 11.9 Å². The molecule has 1 unspecified atom stereocenters. The number of hydrogen-bond donors (Lipinski definition) is 0. The smallest absolute Gasteiger partial charge is 0.400 e. The highest BCUT2D eigenvalue weighted by molar-refractivity contribution is 6.54. The lowest BCUT2D eigenvalue weighted by atomic mass is 9.81. The minimum atomic E-state index is -0.236. The molecule has 1 aliphatic heterocycles. The molecule has 0 radical (unpaired) electrons. The van der Waals surface area contributed by atoms with Gasteiger partial charge >= 0.3 is 7.12 Å². The van der Waals surface area contributed by atoms with Crippen LogP contribution in [-0.4, -0.2) is 18.3 Å². The zero-order valence-corrected chi connectivity index (χ0v) is 9.31. The molecule has 1 aliphatic rings. The predicted molar refractivity (Wildman–Crippen MR) is 55.5 cm³/mol. The van der Waals surface area contributed by atoms with E-state index in [1.165, 1.54) is 0 Å². The summed E-state index contributed by atoms with van der Waals surface area (Å²) < 4.78 is 11.6. The van der Waals surface area contributed by atoms with Gasteiger partial charge in [0.1, 0.15) is 0 Å². The van der Waals surface area contributed by atoms with Crippen molar-refractivity contribution in [3.8, 4) is 0 Å². The maximum absolute atomic E-state index is 5.85. The van der Waals surface area contributed by atoms with Gasteiger partial charge in [0.25, 0.3) is 0 Å². The lowest BCUT2D eigenvalue weighted by Crippen LogP contribution is -2.44. The van der Waals surface area contributed by atoms with E-state index in [-0.39, 0.29) is 18.3 Å². The molecule has 74 valence electrons. The number of rotatable bonds is 2. The molecule has 2 nitrogen and oxygen atoms in total. The van der Waals surface area contributed by atoms with Crippen LogP contribution in [0.15, 0.2) is 12.1 Å². The topological polar surface area (TPSA) is 18.5 Å². The first-order valence-electron chi connectivity index (χ1n) is 4.83. The highest BCUT2D eigenvalue weighted by Gasteiger charge is 2.53. The van der Waals surface area contributed by atoms with Crippen LogP contribution in [0.4, 0.5) is 0 Å². The van der Waals surface area contributed by atoms with Crippen molar-refractivity contribution in [3.05, 3.63) is 12.1 Å². The average molecular weight is 182 g/mol. The zero-order valence-electron chi connectivity index (χ0n) is 9.31. The molecule has 13 heavy (non-hydrogen) atoms. The molecule has 0 aromatic rings. The quantitative estimate of drug-likeness (QED) is 0.611. The Labute approximate surface area is 81.4 Å². The summed E-state index contributed by atoms with van der Waals surface area (Å²) in [6.07, 6.45) is 0.948. The summed E-state index contributed by atoms with van der Waals surface area (Å²) in [5.74, 6) is 0. The molecule has 0 saturated carbocycles. The molecule has 1 saturated heterocycles. The van der Waals surface area contributed by atoms with Gasteiger partial charge in [0.05, 0.1) is 11.2 Å². The maximum Gasteiger partial charge on any atom is 0.489 e. The van der Waals surface area contributed by atoms with Crippen LogP contribution in [0.25, 0.3) is 0 Å². The molecule has 0 aromatic carbocycles. The van der Waals surface area contributed by atoms with Gasteiger partial charge in [0, 0.05) is 0 Å². The first kappa shape index (κ1) is 10.8. The third-order valence-electron chi connectivity index (χ3n) is 3.12. The van der Waals surface area contributed by atoms with Gasteiger partial charge in [-0.25, -0.2) is 0 Å². The number of allylic oxidation sites excluding steroid dienone is 1. The van der Waals surface area contributed by atoms with Crippen LogP contribution in [0.1, 0.15) is 41.0 Å². The first-order chi connectivity index (χ1) is 5.82. The van der Waals surface area contributed by atoms with Gasteiger partial charge < -0.3 is 9.31 Å². The minimum Gasteiger partial charge on any atom is -0.400 e. The van der Waals surface area contributed by atoms with Crippen LogP contribution < -0.4 is 0 Å². The van der Waals surface area contributed by atoms with E-state index in [0.29, 0.717) is 0 Å². The van der Waals surface area contributed by atoms with Gasteiger partial charge in [-0.2, -0.15) is 0 Å². The summed E-state index contributed by atoms with van der Waals surface area (Å²) in [6.45, 7) is 14.1. The molecule has 0 spiro atoms. The van der Waals surface area contributed by atoms with E-state index in [2.05, 4.69) is 34.3 Å².